The Kier molecular flexibility index (Phi) is 1.70. The van der Waals surface area contributed by atoms with Crippen LogP contribution >= 0.6 is 0 Å². The van der Waals surface area contributed by atoms with Crippen molar-refractivity contribution >= 4 is 32.3 Å². The quantitative estimate of drug-likeness (QED) is 0.201. The Morgan fingerprint density at radius 2 is 1.40 bits per heavy atom. The molecule has 0 unspecified atom stereocenters. The third-order valence-electron chi connectivity index (χ3n) is 4.29. The summed E-state index contributed by atoms with van der Waals surface area (Å²) in [6.45, 7) is 2.17. The first kappa shape index (κ1) is 10.3. The molecule has 0 atom stereocenters. The maximum Gasteiger partial charge on any atom is 0.178 e. The van der Waals surface area contributed by atoms with Gasteiger partial charge in [0.1, 0.15) is 0 Å². The highest BCUT2D eigenvalue weighted by Gasteiger charge is 2.28. The molecule has 5 rings (SSSR count). The summed E-state index contributed by atoms with van der Waals surface area (Å²) in [5, 5.41) is 7.65. The van der Waals surface area contributed by atoms with Gasteiger partial charge in [-0.15, -0.1) is 0 Å². The van der Waals surface area contributed by atoms with Crippen LogP contribution in [0.5, 0.6) is 11.5 Å². The minimum absolute atomic E-state index is 1.06. The Labute approximate surface area is 116 Å². The van der Waals surface area contributed by atoms with Crippen LogP contribution in [-0.2, 0) is 0 Å². The van der Waals surface area contributed by atoms with E-state index in [4.69, 9.17) is 4.74 Å². The number of aryl methyl sites for hydroxylation is 1. The highest BCUT2D eigenvalue weighted by atomic mass is 16.6. The first-order valence-corrected chi connectivity index (χ1v) is 6.88. The zero-order valence-corrected chi connectivity index (χ0v) is 11.1. The van der Waals surface area contributed by atoms with Gasteiger partial charge in [-0.05, 0) is 46.2 Å². The second-order valence-electron chi connectivity index (χ2n) is 5.50. The van der Waals surface area contributed by atoms with Gasteiger partial charge in [0.25, 0.3) is 0 Å². The second-order valence-corrected chi connectivity index (χ2v) is 5.50. The van der Waals surface area contributed by atoms with Crippen molar-refractivity contribution < 1.29 is 4.74 Å². The molecule has 20 heavy (non-hydrogen) atoms. The molecule has 0 bridgehead atoms. The Morgan fingerprint density at radius 1 is 0.700 bits per heavy atom. The van der Waals surface area contributed by atoms with Crippen molar-refractivity contribution in [1.82, 2.24) is 0 Å². The van der Waals surface area contributed by atoms with Crippen LogP contribution in [0.1, 0.15) is 5.56 Å². The van der Waals surface area contributed by atoms with Gasteiger partial charge in [-0.1, -0.05) is 42.5 Å². The van der Waals surface area contributed by atoms with E-state index in [1.165, 1.54) is 37.9 Å². The average molecular weight is 256 g/mol. The number of ether oxygens (including phenoxy) is 1. The predicted octanol–water partition coefficient (Wildman–Crippen LogP) is 5.56. The maximum absolute atomic E-state index is 5.77. The van der Waals surface area contributed by atoms with Gasteiger partial charge in [-0.25, -0.2) is 0 Å². The number of hydrogen-bond donors (Lipinski definition) is 0. The van der Waals surface area contributed by atoms with Crippen LogP contribution < -0.4 is 4.74 Å². The predicted molar refractivity (Wildman–Crippen MR) is 83.8 cm³/mol. The summed E-state index contributed by atoms with van der Waals surface area (Å²) in [5.41, 5.74) is 1.31. The summed E-state index contributed by atoms with van der Waals surface area (Å²) in [4.78, 5) is 0. The number of benzene rings is 4. The van der Waals surface area contributed by atoms with E-state index in [0.29, 0.717) is 0 Å². The molecular formula is C19H12O. The van der Waals surface area contributed by atoms with Crippen LogP contribution in [0.25, 0.3) is 32.3 Å². The van der Waals surface area contributed by atoms with E-state index in [2.05, 4.69) is 61.5 Å². The van der Waals surface area contributed by atoms with Crippen molar-refractivity contribution in [3.8, 4) is 11.5 Å². The van der Waals surface area contributed by atoms with Gasteiger partial charge in [0, 0.05) is 10.8 Å². The molecule has 0 amide bonds. The molecule has 1 heteroatoms. The third kappa shape index (κ3) is 1.17. The second kappa shape index (κ2) is 3.31. The zero-order chi connectivity index (χ0) is 13.3. The lowest BCUT2D eigenvalue weighted by Crippen LogP contribution is -1.80. The van der Waals surface area contributed by atoms with Crippen LogP contribution in [-0.4, -0.2) is 0 Å². The summed E-state index contributed by atoms with van der Waals surface area (Å²) in [7, 11) is 0. The molecule has 0 radical (unpaired) electrons. The van der Waals surface area contributed by atoms with Crippen LogP contribution in [0, 0.1) is 6.92 Å². The lowest BCUT2D eigenvalue weighted by atomic mass is 9.96. The molecule has 0 saturated heterocycles. The van der Waals surface area contributed by atoms with Gasteiger partial charge in [0.05, 0.1) is 0 Å². The Hall–Kier alpha value is -2.54. The Bertz CT molecular complexity index is 1030. The number of hydrogen-bond acceptors (Lipinski definition) is 1. The Balaban J connectivity index is 2.12. The molecule has 1 nitrogen and oxygen atoms in total. The molecule has 94 valence electrons. The topological polar surface area (TPSA) is 12.5 Å². The lowest BCUT2D eigenvalue weighted by molar-refractivity contribution is 0.657. The van der Waals surface area contributed by atoms with Crippen molar-refractivity contribution in [3.63, 3.8) is 0 Å². The zero-order valence-electron chi connectivity index (χ0n) is 11.1. The first-order chi connectivity index (χ1) is 9.83. The molecule has 0 aliphatic carbocycles. The van der Waals surface area contributed by atoms with Crippen molar-refractivity contribution in [2.45, 2.75) is 6.92 Å². The summed E-state index contributed by atoms with van der Waals surface area (Å²) in [6, 6.07) is 19.5. The molecule has 1 aliphatic heterocycles. The SMILES string of the molecule is Cc1cccc2c3c(c4cc5ccccc5cc4c12)O3. The number of fused-ring (bicyclic) bond motifs is 7. The van der Waals surface area contributed by atoms with E-state index in [1.54, 1.807) is 0 Å². The fourth-order valence-corrected chi connectivity index (χ4v) is 3.28. The molecule has 0 fully saturated rings. The van der Waals surface area contributed by atoms with Crippen molar-refractivity contribution in [3.05, 3.63) is 60.2 Å². The van der Waals surface area contributed by atoms with Gasteiger partial charge in [-0.3, -0.25) is 0 Å². The molecule has 1 aliphatic rings. The van der Waals surface area contributed by atoms with Crippen LogP contribution in [0.2, 0.25) is 0 Å². The van der Waals surface area contributed by atoms with Gasteiger partial charge < -0.3 is 4.74 Å². The summed E-state index contributed by atoms with van der Waals surface area (Å²) < 4.78 is 5.77. The molecule has 0 aromatic heterocycles. The summed E-state index contributed by atoms with van der Waals surface area (Å²) in [5.74, 6) is 2.12. The van der Waals surface area contributed by atoms with Crippen LogP contribution in [0.3, 0.4) is 0 Å². The van der Waals surface area contributed by atoms with Gasteiger partial charge in [0.2, 0.25) is 0 Å². The smallest absolute Gasteiger partial charge is 0.178 e. The molecule has 4 aromatic rings. The first-order valence-electron chi connectivity index (χ1n) is 6.88. The molecule has 4 aromatic carbocycles. The van der Waals surface area contributed by atoms with Crippen LogP contribution in [0.15, 0.2) is 54.6 Å². The summed E-state index contributed by atoms with van der Waals surface area (Å²) >= 11 is 0. The number of rotatable bonds is 0. The van der Waals surface area contributed by atoms with E-state index < -0.39 is 0 Å². The van der Waals surface area contributed by atoms with Gasteiger partial charge >= 0.3 is 0 Å². The third-order valence-corrected chi connectivity index (χ3v) is 4.29. The lowest BCUT2D eigenvalue weighted by Gasteiger charge is -2.06. The molecular weight excluding hydrogens is 244 g/mol. The highest BCUT2D eigenvalue weighted by Crippen LogP contribution is 2.56. The average Bonchev–Trinajstić information content (AvgIpc) is 3.26. The normalized spacial score (nSPS) is 12.7. The van der Waals surface area contributed by atoms with E-state index in [-0.39, 0.29) is 0 Å². The van der Waals surface area contributed by atoms with E-state index >= 15 is 0 Å². The van der Waals surface area contributed by atoms with E-state index in [1.807, 2.05) is 0 Å². The maximum atomic E-state index is 5.77. The summed E-state index contributed by atoms with van der Waals surface area (Å²) in [6.07, 6.45) is 0. The minimum Gasteiger partial charge on any atom is -0.448 e. The molecule has 0 spiro atoms. The van der Waals surface area contributed by atoms with E-state index in [9.17, 15) is 0 Å². The molecule has 0 saturated carbocycles. The standard InChI is InChI=1S/C19H12O/c1-11-5-4-8-14-17(11)15-9-12-6-2-3-7-13(12)10-16(15)19-18(14)20-19/h2-10H,1H3. The minimum atomic E-state index is 1.06. The van der Waals surface area contributed by atoms with Gasteiger partial charge in [0.15, 0.2) is 11.5 Å². The fraction of sp³-hybridized carbons (Fsp3) is 0.0526. The molecule has 1 heterocycles. The fourth-order valence-electron chi connectivity index (χ4n) is 3.28. The largest absolute Gasteiger partial charge is 0.448 e. The Morgan fingerprint density at radius 3 is 2.20 bits per heavy atom. The monoisotopic (exact) mass is 256 g/mol. The van der Waals surface area contributed by atoms with Crippen molar-refractivity contribution in [2.75, 3.05) is 0 Å². The van der Waals surface area contributed by atoms with Crippen LogP contribution in [0.4, 0.5) is 0 Å². The van der Waals surface area contributed by atoms with Crippen molar-refractivity contribution in [2.24, 2.45) is 0 Å². The van der Waals surface area contributed by atoms with Gasteiger partial charge in [-0.2, -0.15) is 0 Å². The molecule has 0 N–H and O–H groups in total. The highest BCUT2D eigenvalue weighted by molar-refractivity contribution is 6.20. The van der Waals surface area contributed by atoms with Crippen molar-refractivity contribution in [1.29, 1.82) is 0 Å². The van der Waals surface area contributed by atoms with E-state index in [0.717, 1.165) is 11.5 Å².